The molecule has 2 aromatic carbocycles. The van der Waals surface area contributed by atoms with E-state index in [4.69, 9.17) is 0 Å². The minimum Gasteiger partial charge on any atom is -0.376 e. The van der Waals surface area contributed by atoms with Gasteiger partial charge in [-0.05, 0) is 29.2 Å². The Labute approximate surface area is 138 Å². The van der Waals surface area contributed by atoms with E-state index < -0.39 is 29.0 Å². The molecule has 0 heterocycles. The molecule has 0 aliphatic carbocycles. The molecule has 0 saturated carbocycles. The molecule has 24 heavy (non-hydrogen) atoms. The van der Waals surface area contributed by atoms with Crippen molar-refractivity contribution in [2.24, 2.45) is 0 Å². The average Bonchev–Trinajstić information content (AvgIpc) is 2.53. The van der Waals surface area contributed by atoms with Crippen LogP contribution in [0.4, 0.5) is 24.5 Å². The molecule has 0 aliphatic heterocycles. The van der Waals surface area contributed by atoms with Crippen LogP contribution in [0.2, 0.25) is 0 Å². The predicted molar refractivity (Wildman–Crippen MR) is 88.6 cm³/mol. The Morgan fingerprint density at radius 3 is 2.29 bits per heavy atom. The normalized spacial score (nSPS) is 11.2. The van der Waals surface area contributed by atoms with E-state index >= 15 is 0 Å². The third-order valence-electron chi connectivity index (χ3n) is 3.48. The smallest absolute Gasteiger partial charge is 0.243 e. The third kappa shape index (κ3) is 4.07. The highest BCUT2D eigenvalue weighted by Crippen LogP contribution is 2.29. The number of carbonyl (C=O) groups excluding carboxylic acids is 1. The highest BCUT2D eigenvalue weighted by molar-refractivity contribution is 5.94. The highest BCUT2D eigenvalue weighted by Gasteiger charge is 2.18. The maximum Gasteiger partial charge on any atom is 0.243 e. The van der Waals surface area contributed by atoms with Gasteiger partial charge in [0.1, 0.15) is 0 Å². The summed E-state index contributed by atoms with van der Waals surface area (Å²) < 4.78 is 39.6. The first-order valence-corrected chi connectivity index (χ1v) is 7.47. The minimum absolute atomic E-state index is 0.119. The highest BCUT2D eigenvalue weighted by atomic mass is 19.2. The van der Waals surface area contributed by atoms with Crippen molar-refractivity contribution in [2.45, 2.75) is 26.2 Å². The molecule has 2 N–H and O–H groups in total. The van der Waals surface area contributed by atoms with Crippen LogP contribution >= 0.6 is 0 Å². The van der Waals surface area contributed by atoms with Gasteiger partial charge in [0.2, 0.25) is 5.91 Å². The predicted octanol–water partition coefficient (Wildman–Crippen LogP) is 4.45. The number of carbonyl (C=O) groups is 1. The molecule has 0 aromatic heterocycles. The molecule has 2 aromatic rings. The largest absolute Gasteiger partial charge is 0.376 e. The summed E-state index contributed by atoms with van der Waals surface area (Å²) in [4.78, 5) is 11.9. The quantitative estimate of drug-likeness (QED) is 0.810. The first-order chi connectivity index (χ1) is 11.2. The summed E-state index contributed by atoms with van der Waals surface area (Å²) in [6, 6.07) is 9.28. The van der Waals surface area contributed by atoms with Crippen molar-refractivity contribution in [3.63, 3.8) is 0 Å². The standard InChI is InChI=1S/C18H19F3N2O/c1-18(2,3)11-6-4-5-7-13(11)22-10-15(24)23-14-9-8-12(19)16(20)17(14)21/h4-9,22H,10H2,1-3H3,(H,23,24). The van der Waals surface area contributed by atoms with Gasteiger partial charge in [-0.25, -0.2) is 13.2 Å². The lowest BCUT2D eigenvalue weighted by Crippen LogP contribution is -2.24. The summed E-state index contributed by atoms with van der Waals surface area (Å²) in [5, 5.41) is 5.21. The summed E-state index contributed by atoms with van der Waals surface area (Å²) in [5.74, 6) is -4.90. The van der Waals surface area contributed by atoms with Gasteiger partial charge in [-0.3, -0.25) is 4.79 Å². The van der Waals surface area contributed by atoms with Gasteiger partial charge in [0.05, 0.1) is 12.2 Å². The molecule has 0 aliphatic rings. The zero-order valence-corrected chi connectivity index (χ0v) is 13.7. The van der Waals surface area contributed by atoms with Gasteiger partial charge >= 0.3 is 0 Å². The molecule has 0 saturated heterocycles. The number of anilines is 2. The van der Waals surface area contributed by atoms with E-state index in [0.29, 0.717) is 0 Å². The molecular weight excluding hydrogens is 317 g/mol. The third-order valence-corrected chi connectivity index (χ3v) is 3.48. The summed E-state index contributed by atoms with van der Waals surface area (Å²) in [6.07, 6.45) is 0. The Morgan fingerprint density at radius 1 is 0.958 bits per heavy atom. The van der Waals surface area contributed by atoms with Gasteiger partial charge in [0, 0.05) is 5.69 Å². The van der Waals surface area contributed by atoms with E-state index in [1.807, 2.05) is 45.0 Å². The number of halogens is 3. The summed E-state index contributed by atoms with van der Waals surface area (Å²) in [5.41, 5.74) is 1.29. The van der Waals surface area contributed by atoms with Crippen molar-refractivity contribution in [3.8, 4) is 0 Å². The van der Waals surface area contributed by atoms with Crippen LogP contribution in [-0.2, 0) is 10.2 Å². The van der Waals surface area contributed by atoms with E-state index in [-0.39, 0.29) is 12.0 Å². The second-order valence-electron chi connectivity index (χ2n) is 6.42. The second kappa shape index (κ2) is 6.95. The fourth-order valence-corrected chi connectivity index (χ4v) is 2.28. The lowest BCUT2D eigenvalue weighted by molar-refractivity contribution is -0.114. The van der Waals surface area contributed by atoms with E-state index in [0.717, 1.165) is 23.4 Å². The monoisotopic (exact) mass is 336 g/mol. The number of para-hydroxylation sites is 1. The van der Waals surface area contributed by atoms with Crippen LogP contribution in [0.3, 0.4) is 0 Å². The lowest BCUT2D eigenvalue weighted by atomic mass is 9.86. The van der Waals surface area contributed by atoms with E-state index in [1.54, 1.807) is 0 Å². The first kappa shape index (κ1) is 17.8. The molecule has 0 radical (unpaired) electrons. The SMILES string of the molecule is CC(C)(C)c1ccccc1NCC(=O)Nc1ccc(F)c(F)c1F. The lowest BCUT2D eigenvalue weighted by Gasteiger charge is -2.23. The van der Waals surface area contributed by atoms with Crippen LogP contribution < -0.4 is 10.6 Å². The second-order valence-corrected chi connectivity index (χ2v) is 6.42. The maximum absolute atomic E-state index is 13.6. The molecule has 1 amide bonds. The molecule has 0 bridgehead atoms. The molecule has 0 spiro atoms. The number of rotatable bonds is 4. The van der Waals surface area contributed by atoms with Crippen LogP contribution in [0.25, 0.3) is 0 Å². The molecule has 6 heteroatoms. The van der Waals surface area contributed by atoms with E-state index in [9.17, 15) is 18.0 Å². The van der Waals surface area contributed by atoms with Gasteiger partial charge in [0.15, 0.2) is 17.5 Å². The summed E-state index contributed by atoms with van der Waals surface area (Å²) in [6.45, 7) is 6.00. The van der Waals surface area contributed by atoms with E-state index in [1.165, 1.54) is 0 Å². The van der Waals surface area contributed by atoms with Gasteiger partial charge in [-0.1, -0.05) is 39.0 Å². The van der Waals surface area contributed by atoms with Crippen molar-refractivity contribution >= 4 is 17.3 Å². The Balaban J connectivity index is 2.06. The molecule has 0 fully saturated rings. The molecule has 2 rings (SSSR count). The van der Waals surface area contributed by atoms with Crippen LogP contribution in [-0.4, -0.2) is 12.5 Å². The molecular formula is C18H19F3N2O. The summed E-state index contributed by atoms with van der Waals surface area (Å²) in [7, 11) is 0. The van der Waals surface area contributed by atoms with Crippen molar-refractivity contribution < 1.29 is 18.0 Å². The van der Waals surface area contributed by atoms with Crippen LogP contribution in [0.5, 0.6) is 0 Å². The zero-order valence-electron chi connectivity index (χ0n) is 13.7. The van der Waals surface area contributed by atoms with Gasteiger partial charge in [-0.2, -0.15) is 0 Å². The van der Waals surface area contributed by atoms with E-state index in [2.05, 4.69) is 10.6 Å². The number of amides is 1. The van der Waals surface area contributed by atoms with Crippen molar-refractivity contribution in [2.75, 3.05) is 17.2 Å². The Bertz CT molecular complexity index is 754. The number of benzene rings is 2. The zero-order chi connectivity index (χ0) is 17.9. The topological polar surface area (TPSA) is 41.1 Å². The molecule has 3 nitrogen and oxygen atoms in total. The van der Waals surface area contributed by atoms with Crippen LogP contribution in [0.15, 0.2) is 36.4 Å². The Hall–Kier alpha value is -2.50. The van der Waals surface area contributed by atoms with Crippen molar-refractivity contribution in [1.29, 1.82) is 0 Å². The van der Waals surface area contributed by atoms with Crippen molar-refractivity contribution in [1.82, 2.24) is 0 Å². The fourth-order valence-electron chi connectivity index (χ4n) is 2.28. The van der Waals surface area contributed by atoms with Crippen molar-refractivity contribution in [3.05, 3.63) is 59.4 Å². The number of nitrogens with one attached hydrogen (secondary N) is 2. The molecule has 128 valence electrons. The van der Waals surface area contributed by atoms with Gasteiger partial charge < -0.3 is 10.6 Å². The average molecular weight is 336 g/mol. The van der Waals surface area contributed by atoms with Crippen LogP contribution in [0.1, 0.15) is 26.3 Å². The number of hydrogen-bond acceptors (Lipinski definition) is 2. The van der Waals surface area contributed by atoms with Gasteiger partial charge in [0.25, 0.3) is 0 Å². The minimum atomic E-state index is -1.61. The van der Waals surface area contributed by atoms with Gasteiger partial charge in [-0.15, -0.1) is 0 Å². The molecule has 0 unspecified atom stereocenters. The first-order valence-electron chi connectivity index (χ1n) is 7.47. The van der Waals surface area contributed by atoms with Crippen LogP contribution in [0, 0.1) is 17.5 Å². The Kier molecular flexibility index (Phi) is 5.17. The molecule has 0 atom stereocenters. The fraction of sp³-hybridized carbons (Fsp3) is 0.278. The summed E-state index contributed by atoms with van der Waals surface area (Å²) >= 11 is 0. The Morgan fingerprint density at radius 2 is 1.62 bits per heavy atom. The maximum atomic E-state index is 13.6. The number of hydrogen-bond donors (Lipinski definition) is 2.